The van der Waals surface area contributed by atoms with Gasteiger partial charge in [0.2, 0.25) is 0 Å². The van der Waals surface area contributed by atoms with E-state index < -0.39 is 0 Å². The highest BCUT2D eigenvalue weighted by molar-refractivity contribution is 5.80. The fraction of sp³-hybridized carbons (Fsp3) is 0.308. The number of para-hydroxylation sites is 1. The molecule has 1 fully saturated rings. The fourth-order valence-electron chi connectivity index (χ4n) is 2.26. The summed E-state index contributed by atoms with van der Waals surface area (Å²) in [6.07, 6.45) is 0. The molecule has 1 aromatic heterocycles. The Labute approximate surface area is 99.3 Å². The lowest BCUT2D eigenvalue weighted by Crippen LogP contribution is -2.44. The number of nitrogens with one attached hydrogen (secondary N) is 2. The summed E-state index contributed by atoms with van der Waals surface area (Å²) in [6.45, 7) is 3.81. The number of anilines is 1. The molecule has 0 aliphatic carbocycles. The second-order valence-electron chi connectivity index (χ2n) is 4.30. The Bertz CT molecular complexity index is 584. The van der Waals surface area contributed by atoms with E-state index >= 15 is 0 Å². The molecule has 0 atom stereocenters. The van der Waals surface area contributed by atoms with Crippen molar-refractivity contribution in [2.24, 2.45) is 0 Å². The monoisotopic (exact) mass is 229 g/mol. The van der Waals surface area contributed by atoms with Crippen LogP contribution in [0.5, 0.6) is 0 Å². The third-order valence-corrected chi connectivity index (χ3v) is 3.18. The van der Waals surface area contributed by atoms with E-state index in [2.05, 4.69) is 15.2 Å². The van der Waals surface area contributed by atoms with Crippen molar-refractivity contribution >= 4 is 16.7 Å². The van der Waals surface area contributed by atoms with Crippen molar-refractivity contribution < 1.29 is 0 Å². The molecule has 2 N–H and O–H groups in total. The number of nitrogens with zero attached hydrogens (tertiary/aromatic N) is 1. The van der Waals surface area contributed by atoms with Gasteiger partial charge in [0.1, 0.15) is 5.82 Å². The Morgan fingerprint density at radius 2 is 1.88 bits per heavy atom. The first-order valence-corrected chi connectivity index (χ1v) is 5.92. The molecule has 0 bridgehead atoms. The molecule has 0 saturated carbocycles. The van der Waals surface area contributed by atoms with Crippen LogP contribution in [0.2, 0.25) is 0 Å². The van der Waals surface area contributed by atoms with Crippen molar-refractivity contribution in [2.45, 2.75) is 0 Å². The number of aromatic amines is 1. The van der Waals surface area contributed by atoms with Gasteiger partial charge < -0.3 is 15.2 Å². The van der Waals surface area contributed by atoms with Crippen LogP contribution in [-0.4, -0.2) is 31.2 Å². The third kappa shape index (κ3) is 1.91. The van der Waals surface area contributed by atoms with Gasteiger partial charge in [0.05, 0.1) is 5.52 Å². The summed E-state index contributed by atoms with van der Waals surface area (Å²) in [7, 11) is 0. The average Bonchev–Trinajstić information content (AvgIpc) is 2.40. The molecule has 2 heterocycles. The summed E-state index contributed by atoms with van der Waals surface area (Å²) >= 11 is 0. The van der Waals surface area contributed by atoms with Gasteiger partial charge in [-0.25, -0.2) is 0 Å². The highest BCUT2D eigenvalue weighted by Gasteiger charge is 2.12. The van der Waals surface area contributed by atoms with Gasteiger partial charge in [-0.3, -0.25) is 4.79 Å². The van der Waals surface area contributed by atoms with Gasteiger partial charge in [0.15, 0.2) is 5.43 Å². The van der Waals surface area contributed by atoms with E-state index in [1.54, 1.807) is 6.07 Å². The van der Waals surface area contributed by atoms with Gasteiger partial charge in [-0.2, -0.15) is 0 Å². The van der Waals surface area contributed by atoms with Gasteiger partial charge in [-0.15, -0.1) is 0 Å². The van der Waals surface area contributed by atoms with Crippen LogP contribution in [0.3, 0.4) is 0 Å². The van der Waals surface area contributed by atoms with Gasteiger partial charge in [0.25, 0.3) is 0 Å². The van der Waals surface area contributed by atoms with E-state index in [1.807, 2.05) is 24.3 Å². The van der Waals surface area contributed by atoms with Gasteiger partial charge >= 0.3 is 0 Å². The number of benzene rings is 1. The number of aromatic nitrogens is 1. The zero-order valence-electron chi connectivity index (χ0n) is 9.57. The molecule has 2 aromatic rings. The van der Waals surface area contributed by atoms with E-state index in [0.717, 1.165) is 42.9 Å². The highest BCUT2D eigenvalue weighted by Crippen LogP contribution is 2.14. The second-order valence-corrected chi connectivity index (χ2v) is 4.30. The molecule has 3 rings (SSSR count). The summed E-state index contributed by atoms with van der Waals surface area (Å²) in [5.74, 6) is 0.926. The predicted octanol–water partition coefficient (Wildman–Crippen LogP) is 0.938. The third-order valence-electron chi connectivity index (χ3n) is 3.18. The Balaban J connectivity index is 2.08. The lowest BCUT2D eigenvalue weighted by molar-refractivity contribution is 0.585. The number of H-pyrrole nitrogens is 1. The molecule has 0 unspecified atom stereocenters. The first-order valence-electron chi connectivity index (χ1n) is 5.92. The highest BCUT2D eigenvalue weighted by atomic mass is 16.1. The van der Waals surface area contributed by atoms with Crippen molar-refractivity contribution in [2.75, 3.05) is 31.1 Å². The van der Waals surface area contributed by atoms with E-state index in [-0.39, 0.29) is 5.43 Å². The van der Waals surface area contributed by atoms with E-state index in [0.29, 0.717) is 0 Å². The molecule has 1 aliphatic rings. The number of hydrogen-bond acceptors (Lipinski definition) is 3. The molecule has 1 saturated heterocycles. The van der Waals surface area contributed by atoms with Gasteiger partial charge in [-0.1, -0.05) is 12.1 Å². The molecular weight excluding hydrogens is 214 g/mol. The van der Waals surface area contributed by atoms with Crippen LogP contribution in [0.1, 0.15) is 0 Å². The molecule has 1 aromatic carbocycles. The molecule has 1 aliphatic heterocycles. The first kappa shape index (κ1) is 10.4. The Morgan fingerprint density at radius 3 is 2.71 bits per heavy atom. The van der Waals surface area contributed by atoms with Gasteiger partial charge in [0, 0.05) is 37.6 Å². The van der Waals surface area contributed by atoms with E-state index in [9.17, 15) is 4.79 Å². The predicted molar refractivity (Wildman–Crippen MR) is 69.7 cm³/mol. The number of pyridine rings is 1. The molecule has 4 heteroatoms. The number of piperazine rings is 1. The maximum absolute atomic E-state index is 12.0. The van der Waals surface area contributed by atoms with Crippen molar-refractivity contribution in [3.63, 3.8) is 0 Å². The zero-order valence-corrected chi connectivity index (χ0v) is 9.57. The van der Waals surface area contributed by atoms with Crippen molar-refractivity contribution in [1.82, 2.24) is 10.3 Å². The quantitative estimate of drug-likeness (QED) is 0.765. The molecule has 88 valence electrons. The van der Waals surface area contributed by atoms with Crippen LogP contribution in [0.15, 0.2) is 35.1 Å². The standard InChI is InChI=1S/C13H15N3O/c17-12-9-13(16-7-5-14-6-8-16)15-11-4-2-1-3-10(11)12/h1-4,9,14H,5-8H2,(H,15,17). The van der Waals surface area contributed by atoms with Crippen molar-refractivity contribution in [1.29, 1.82) is 0 Å². The van der Waals surface area contributed by atoms with Crippen LogP contribution in [0.25, 0.3) is 10.9 Å². The van der Waals surface area contributed by atoms with Crippen LogP contribution in [0.4, 0.5) is 5.82 Å². The minimum Gasteiger partial charge on any atom is -0.356 e. The number of hydrogen-bond donors (Lipinski definition) is 2. The minimum absolute atomic E-state index is 0.0906. The molecular formula is C13H15N3O. The SMILES string of the molecule is O=c1cc(N2CCNCC2)[nH]c2ccccc12. The van der Waals surface area contributed by atoms with Gasteiger partial charge in [-0.05, 0) is 12.1 Å². The summed E-state index contributed by atoms with van der Waals surface area (Å²) in [4.78, 5) is 17.5. The number of rotatable bonds is 1. The molecule has 0 spiro atoms. The molecule has 4 nitrogen and oxygen atoms in total. The molecule has 17 heavy (non-hydrogen) atoms. The summed E-state index contributed by atoms with van der Waals surface area (Å²) in [5, 5.41) is 4.06. The Morgan fingerprint density at radius 1 is 1.12 bits per heavy atom. The first-order chi connectivity index (χ1) is 8.34. The fourth-order valence-corrected chi connectivity index (χ4v) is 2.26. The molecule has 0 amide bonds. The lowest BCUT2D eigenvalue weighted by atomic mass is 10.2. The molecule has 0 radical (unpaired) electrons. The topological polar surface area (TPSA) is 48.1 Å². The Kier molecular flexibility index (Phi) is 2.57. The minimum atomic E-state index is 0.0906. The summed E-state index contributed by atoms with van der Waals surface area (Å²) in [5.41, 5.74) is 1.00. The summed E-state index contributed by atoms with van der Waals surface area (Å²) in [6, 6.07) is 9.34. The number of fused-ring (bicyclic) bond motifs is 1. The smallest absolute Gasteiger partial charge is 0.191 e. The maximum atomic E-state index is 12.0. The second kappa shape index (κ2) is 4.22. The normalized spacial score (nSPS) is 16.4. The van der Waals surface area contributed by atoms with E-state index in [4.69, 9.17) is 0 Å². The van der Waals surface area contributed by atoms with Crippen LogP contribution < -0.4 is 15.6 Å². The Hall–Kier alpha value is -1.81. The van der Waals surface area contributed by atoms with E-state index in [1.165, 1.54) is 0 Å². The van der Waals surface area contributed by atoms with Crippen molar-refractivity contribution in [3.8, 4) is 0 Å². The largest absolute Gasteiger partial charge is 0.356 e. The van der Waals surface area contributed by atoms with Crippen LogP contribution >= 0.6 is 0 Å². The van der Waals surface area contributed by atoms with Crippen LogP contribution in [0, 0.1) is 0 Å². The average molecular weight is 229 g/mol. The van der Waals surface area contributed by atoms with Crippen molar-refractivity contribution in [3.05, 3.63) is 40.6 Å². The summed E-state index contributed by atoms with van der Waals surface area (Å²) < 4.78 is 0. The van der Waals surface area contributed by atoms with Crippen LogP contribution in [-0.2, 0) is 0 Å². The zero-order chi connectivity index (χ0) is 11.7. The maximum Gasteiger partial charge on any atom is 0.191 e. The lowest BCUT2D eigenvalue weighted by Gasteiger charge is -2.29.